The number of hydrogen-bond donors (Lipinski definition) is 3. The van der Waals surface area contributed by atoms with E-state index in [1.807, 2.05) is 27.2 Å². The molecule has 0 saturated heterocycles. The molecule has 3 atom stereocenters. The zero-order chi connectivity index (χ0) is 49.9. The summed E-state index contributed by atoms with van der Waals surface area (Å²) in [6.45, 7) is 4.72. The number of allylic oxidation sites excluding steroid dienone is 9. The van der Waals surface area contributed by atoms with E-state index >= 15 is 0 Å². The van der Waals surface area contributed by atoms with E-state index in [4.69, 9.17) is 9.05 Å². The van der Waals surface area contributed by atoms with E-state index in [9.17, 15) is 19.4 Å². The maximum atomic E-state index is 13.0. The summed E-state index contributed by atoms with van der Waals surface area (Å²) in [6, 6.07) is -0.854. The average molecular weight is 977 g/mol. The lowest BCUT2D eigenvalue weighted by Gasteiger charge is -2.25. The van der Waals surface area contributed by atoms with Crippen LogP contribution in [0.5, 0.6) is 0 Å². The van der Waals surface area contributed by atoms with Crippen LogP contribution in [0.15, 0.2) is 60.8 Å². The first-order chi connectivity index (χ1) is 33.0. The third kappa shape index (κ3) is 52.0. The lowest BCUT2D eigenvalue weighted by atomic mass is 10.0. The van der Waals surface area contributed by atoms with Gasteiger partial charge < -0.3 is 19.8 Å². The SMILES string of the molecule is CC/C=C\C/C=C\C/C=C\C/C=C\CCCCCCCCCCC(=O)NC(COP(=O)(O)OCC[N+](C)(C)C)C(O)/C=C/CCCCCCCCCCCCCCCCCCCCCCCCC. The van der Waals surface area contributed by atoms with Crippen molar-refractivity contribution in [2.75, 3.05) is 40.9 Å². The van der Waals surface area contributed by atoms with Gasteiger partial charge in [-0.3, -0.25) is 13.8 Å². The molecule has 0 aromatic rings. The van der Waals surface area contributed by atoms with Gasteiger partial charge >= 0.3 is 7.82 Å². The van der Waals surface area contributed by atoms with Crippen molar-refractivity contribution in [2.45, 2.75) is 270 Å². The summed E-state index contributed by atoms with van der Waals surface area (Å²) in [6.07, 6.45) is 67.4. The normalized spacial score (nSPS) is 14.4. The highest BCUT2D eigenvalue weighted by Gasteiger charge is 2.27. The molecular formula is C59H112N2O6P+. The van der Waals surface area contributed by atoms with Crippen molar-refractivity contribution in [2.24, 2.45) is 0 Å². The summed E-state index contributed by atoms with van der Waals surface area (Å²) >= 11 is 0. The van der Waals surface area contributed by atoms with Crippen LogP contribution in [0.2, 0.25) is 0 Å². The lowest BCUT2D eigenvalue weighted by molar-refractivity contribution is -0.870. The fourth-order valence-corrected chi connectivity index (χ4v) is 9.01. The van der Waals surface area contributed by atoms with Crippen LogP contribution in [-0.4, -0.2) is 73.4 Å². The van der Waals surface area contributed by atoms with Crippen LogP contribution >= 0.6 is 7.82 Å². The fourth-order valence-electron chi connectivity index (χ4n) is 8.27. The molecule has 0 radical (unpaired) electrons. The van der Waals surface area contributed by atoms with Crippen LogP contribution in [0.1, 0.15) is 258 Å². The van der Waals surface area contributed by atoms with Crippen LogP contribution < -0.4 is 5.32 Å². The molecule has 0 rings (SSSR count). The molecule has 1 amide bonds. The number of hydrogen-bond acceptors (Lipinski definition) is 5. The molecule has 0 bridgehead atoms. The van der Waals surface area contributed by atoms with E-state index in [0.717, 1.165) is 70.6 Å². The van der Waals surface area contributed by atoms with Crippen molar-refractivity contribution in [1.29, 1.82) is 0 Å². The van der Waals surface area contributed by atoms with Gasteiger partial charge in [-0.15, -0.1) is 0 Å². The van der Waals surface area contributed by atoms with Gasteiger partial charge in [0.2, 0.25) is 5.91 Å². The van der Waals surface area contributed by atoms with Gasteiger partial charge in [0.05, 0.1) is 39.9 Å². The molecule has 0 aliphatic heterocycles. The quantitative estimate of drug-likeness (QED) is 0.0243. The zero-order valence-electron chi connectivity index (χ0n) is 45.3. The fraction of sp³-hybridized carbons (Fsp3) is 0.814. The molecule has 0 aromatic carbocycles. The van der Waals surface area contributed by atoms with Crippen molar-refractivity contribution < 1.29 is 32.9 Å². The number of nitrogens with one attached hydrogen (secondary N) is 1. The van der Waals surface area contributed by atoms with Crippen molar-refractivity contribution in [3.63, 3.8) is 0 Å². The molecular weight excluding hydrogens is 864 g/mol. The standard InChI is InChI=1S/C59H111N2O6P/c1-6-8-10-12-14-16-18-20-22-24-26-28-29-30-31-33-34-36-38-40-42-44-46-48-50-52-58(62)57(56-67-68(64,65)66-55-54-61(3,4)5)60-59(63)53-51-49-47-45-43-41-39-37-35-32-27-25-23-21-19-17-15-13-11-9-7-2/h9,11,15,17,21,23,27,32,50,52,57-58,62H,6-8,10,12-14,16,18-20,22,24-26,28-31,33-49,51,53-56H2,1-5H3,(H-,60,63,64,65)/p+1/b11-9-,17-15-,23-21-,32-27-,52-50+. The Bertz CT molecular complexity index is 1290. The number of amides is 1. The molecule has 0 fully saturated rings. The monoisotopic (exact) mass is 976 g/mol. The summed E-state index contributed by atoms with van der Waals surface area (Å²) in [7, 11) is 1.57. The maximum absolute atomic E-state index is 13.0. The third-order valence-electron chi connectivity index (χ3n) is 12.7. The summed E-state index contributed by atoms with van der Waals surface area (Å²) in [5.41, 5.74) is 0. The van der Waals surface area contributed by atoms with Crippen molar-refractivity contribution in [3.05, 3.63) is 60.8 Å². The molecule has 0 aliphatic rings. The van der Waals surface area contributed by atoms with Gasteiger partial charge in [0, 0.05) is 6.42 Å². The van der Waals surface area contributed by atoms with Crippen LogP contribution in [-0.2, 0) is 18.4 Å². The first kappa shape index (κ1) is 66.2. The lowest BCUT2D eigenvalue weighted by Crippen LogP contribution is -2.45. The van der Waals surface area contributed by atoms with Crippen LogP contribution in [0.3, 0.4) is 0 Å². The van der Waals surface area contributed by atoms with Crippen LogP contribution in [0, 0.1) is 0 Å². The summed E-state index contributed by atoms with van der Waals surface area (Å²) in [5, 5.41) is 13.9. The molecule has 0 saturated carbocycles. The predicted molar refractivity (Wildman–Crippen MR) is 295 cm³/mol. The van der Waals surface area contributed by atoms with Crippen molar-refractivity contribution in [1.82, 2.24) is 5.32 Å². The van der Waals surface area contributed by atoms with E-state index in [1.54, 1.807) is 6.08 Å². The first-order valence-corrected chi connectivity index (χ1v) is 30.2. The van der Waals surface area contributed by atoms with Gasteiger partial charge in [-0.1, -0.05) is 254 Å². The highest BCUT2D eigenvalue weighted by molar-refractivity contribution is 7.47. The van der Waals surface area contributed by atoms with Crippen molar-refractivity contribution >= 4 is 13.7 Å². The number of phosphoric ester groups is 1. The number of aliphatic hydroxyl groups excluding tert-OH is 1. The highest BCUT2D eigenvalue weighted by Crippen LogP contribution is 2.43. The number of aliphatic hydroxyl groups is 1. The minimum absolute atomic E-state index is 0.0579. The van der Waals surface area contributed by atoms with Gasteiger partial charge in [0.25, 0.3) is 0 Å². The molecule has 3 N–H and O–H groups in total. The first-order valence-electron chi connectivity index (χ1n) is 28.7. The van der Waals surface area contributed by atoms with Gasteiger partial charge in [-0.05, 0) is 57.8 Å². The molecule has 0 aliphatic carbocycles. The third-order valence-corrected chi connectivity index (χ3v) is 13.7. The largest absolute Gasteiger partial charge is 0.472 e. The number of likely N-dealkylation sites (N-methyl/N-ethyl adjacent to an activating group) is 1. The van der Waals surface area contributed by atoms with E-state index in [1.165, 1.54) is 167 Å². The minimum Gasteiger partial charge on any atom is -0.387 e. The second kappa shape index (κ2) is 50.2. The van der Waals surface area contributed by atoms with Gasteiger partial charge in [-0.25, -0.2) is 4.57 Å². The van der Waals surface area contributed by atoms with Gasteiger partial charge in [0.15, 0.2) is 0 Å². The Morgan fingerprint density at radius 1 is 0.515 bits per heavy atom. The molecule has 68 heavy (non-hydrogen) atoms. The molecule has 0 spiro atoms. The summed E-state index contributed by atoms with van der Waals surface area (Å²) in [4.78, 5) is 23.3. The number of carbonyl (C=O) groups is 1. The smallest absolute Gasteiger partial charge is 0.387 e. The van der Waals surface area contributed by atoms with Gasteiger partial charge in [-0.2, -0.15) is 0 Å². The zero-order valence-corrected chi connectivity index (χ0v) is 46.2. The Hall–Kier alpha value is -1.80. The van der Waals surface area contributed by atoms with Crippen LogP contribution in [0.4, 0.5) is 0 Å². The Morgan fingerprint density at radius 2 is 0.882 bits per heavy atom. The number of phosphoric acid groups is 1. The second-order valence-electron chi connectivity index (χ2n) is 20.6. The Morgan fingerprint density at radius 3 is 1.29 bits per heavy atom. The number of quaternary nitrogens is 1. The van der Waals surface area contributed by atoms with Gasteiger partial charge in [0.1, 0.15) is 13.2 Å². The Labute approximate surface area is 422 Å². The number of carbonyl (C=O) groups excluding carboxylic acids is 1. The highest BCUT2D eigenvalue weighted by atomic mass is 31.2. The van der Waals surface area contributed by atoms with E-state index in [0.29, 0.717) is 17.4 Å². The molecule has 0 heterocycles. The summed E-state index contributed by atoms with van der Waals surface area (Å²) in [5.74, 6) is -0.185. The van der Waals surface area contributed by atoms with Crippen LogP contribution in [0.25, 0.3) is 0 Å². The van der Waals surface area contributed by atoms with E-state index in [-0.39, 0.29) is 19.1 Å². The number of rotatable bonds is 52. The molecule has 0 aromatic heterocycles. The molecule has 398 valence electrons. The van der Waals surface area contributed by atoms with E-state index < -0.39 is 20.0 Å². The predicted octanol–water partition coefficient (Wildman–Crippen LogP) is 17.3. The maximum Gasteiger partial charge on any atom is 0.472 e. The Kier molecular flexibility index (Phi) is 48.8. The van der Waals surface area contributed by atoms with Crippen molar-refractivity contribution in [3.8, 4) is 0 Å². The molecule has 9 heteroatoms. The minimum atomic E-state index is -4.35. The number of unbranched alkanes of at least 4 members (excludes halogenated alkanes) is 31. The Balaban J connectivity index is 4.24. The summed E-state index contributed by atoms with van der Waals surface area (Å²) < 4.78 is 23.7. The molecule has 8 nitrogen and oxygen atoms in total. The van der Waals surface area contributed by atoms with E-state index in [2.05, 4.69) is 67.8 Å². The molecule has 3 unspecified atom stereocenters. The second-order valence-corrected chi connectivity index (χ2v) is 22.1. The topological polar surface area (TPSA) is 105 Å². The number of nitrogens with zero attached hydrogens (tertiary/aromatic N) is 1. The average Bonchev–Trinajstić information content (AvgIpc) is 3.30.